The number of hydrogen-bond donors (Lipinski definition) is 2. The second kappa shape index (κ2) is 7.71. The standard InChI is InChI=1S/C25H31N5O3/c1-16-12-24(2,3)15-25(13-16)22(32)29(23(33)27-25)14-20(31)26-21-18-10-7-11-19(18)28-30(21)17-8-5-4-6-9-17/h4-6,8-9,16H,7,10-15H2,1-3H3,(H,26,31)(H,27,33). The number of nitrogens with zero attached hydrogens (tertiary/aromatic N) is 3. The molecular weight excluding hydrogens is 418 g/mol. The summed E-state index contributed by atoms with van der Waals surface area (Å²) in [4.78, 5) is 40.3. The molecule has 1 aliphatic heterocycles. The minimum Gasteiger partial charge on any atom is -0.323 e. The van der Waals surface area contributed by atoms with Gasteiger partial charge < -0.3 is 10.6 Å². The van der Waals surface area contributed by atoms with Gasteiger partial charge in [-0.1, -0.05) is 39.0 Å². The average Bonchev–Trinajstić information content (AvgIpc) is 3.38. The highest BCUT2D eigenvalue weighted by Crippen LogP contribution is 2.46. The second-order valence-corrected chi connectivity index (χ2v) is 10.7. The molecule has 1 aromatic heterocycles. The van der Waals surface area contributed by atoms with Gasteiger partial charge in [-0.05, 0) is 62.0 Å². The Morgan fingerprint density at radius 1 is 1.18 bits per heavy atom. The molecule has 1 aromatic carbocycles. The van der Waals surface area contributed by atoms with E-state index in [0.29, 0.717) is 24.6 Å². The SMILES string of the molecule is CC1CC(C)(C)CC2(C1)NC(=O)N(CC(=O)Nc1c3c(nn1-c1ccccc1)CCC3)C2=O. The smallest absolute Gasteiger partial charge is 0.323 e. The van der Waals surface area contributed by atoms with Crippen LogP contribution < -0.4 is 10.6 Å². The molecule has 2 unspecified atom stereocenters. The van der Waals surface area contributed by atoms with Gasteiger partial charge in [-0.2, -0.15) is 5.10 Å². The number of amides is 4. The number of urea groups is 1. The number of hydrogen-bond acceptors (Lipinski definition) is 4. The number of anilines is 1. The van der Waals surface area contributed by atoms with E-state index >= 15 is 0 Å². The number of nitrogens with one attached hydrogen (secondary N) is 2. The summed E-state index contributed by atoms with van der Waals surface area (Å²) >= 11 is 0. The number of imide groups is 1. The molecule has 2 aliphatic carbocycles. The summed E-state index contributed by atoms with van der Waals surface area (Å²) in [6.45, 7) is 6.06. The van der Waals surface area contributed by atoms with Crippen LogP contribution in [0, 0.1) is 11.3 Å². The molecule has 4 amide bonds. The Morgan fingerprint density at radius 2 is 1.94 bits per heavy atom. The first-order valence-corrected chi connectivity index (χ1v) is 11.8. The molecule has 5 rings (SSSR count). The number of carbonyl (C=O) groups is 3. The average molecular weight is 450 g/mol. The predicted octanol–water partition coefficient (Wildman–Crippen LogP) is 3.44. The Bertz CT molecular complexity index is 1120. The van der Waals surface area contributed by atoms with Crippen LogP contribution >= 0.6 is 0 Å². The molecule has 174 valence electrons. The van der Waals surface area contributed by atoms with Gasteiger partial charge in [-0.25, -0.2) is 9.48 Å². The third-order valence-electron chi connectivity index (χ3n) is 7.09. The largest absolute Gasteiger partial charge is 0.325 e. The molecular formula is C25H31N5O3. The lowest BCUT2D eigenvalue weighted by molar-refractivity contribution is -0.136. The number of aromatic nitrogens is 2. The van der Waals surface area contributed by atoms with E-state index in [1.165, 1.54) is 0 Å². The lowest BCUT2D eigenvalue weighted by Gasteiger charge is -2.43. The zero-order chi connectivity index (χ0) is 23.4. The molecule has 1 spiro atoms. The maximum Gasteiger partial charge on any atom is 0.325 e. The topological polar surface area (TPSA) is 96.3 Å². The third-order valence-corrected chi connectivity index (χ3v) is 7.09. The van der Waals surface area contributed by atoms with Gasteiger partial charge >= 0.3 is 6.03 Å². The highest BCUT2D eigenvalue weighted by atomic mass is 16.2. The van der Waals surface area contributed by atoms with Crippen molar-refractivity contribution in [2.24, 2.45) is 11.3 Å². The molecule has 2 atom stereocenters. The fourth-order valence-electron chi connectivity index (χ4n) is 6.24. The summed E-state index contributed by atoms with van der Waals surface area (Å²) in [5, 5.41) is 10.6. The Balaban J connectivity index is 1.36. The first kappa shape index (κ1) is 21.7. The molecule has 2 aromatic rings. The minimum absolute atomic E-state index is 0.0540. The molecule has 1 saturated carbocycles. The normalized spacial score (nSPS) is 25.9. The first-order chi connectivity index (χ1) is 15.7. The van der Waals surface area contributed by atoms with Crippen LogP contribution in [0.2, 0.25) is 0 Å². The summed E-state index contributed by atoms with van der Waals surface area (Å²) in [6, 6.07) is 9.16. The zero-order valence-corrected chi connectivity index (χ0v) is 19.5. The fourth-order valence-corrected chi connectivity index (χ4v) is 6.24. The van der Waals surface area contributed by atoms with Crippen molar-refractivity contribution < 1.29 is 14.4 Å². The fraction of sp³-hybridized carbons (Fsp3) is 0.520. The van der Waals surface area contributed by atoms with Crippen LogP contribution in [0.3, 0.4) is 0 Å². The van der Waals surface area contributed by atoms with Gasteiger partial charge in [0.05, 0.1) is 11.4 Å². The van der Waals surface area contributed by atoms with Crippen molar-refractivity contribution in [1.82, 2.24) is 20.0 Å². The van der Waals surface area contributed by atoms with Gasteiger partial charge in [-0.15, -0.1) is 0 Å². The van der Waals surface area contributed by atoms with Crippen molar-refractivity contribution in [3.05, 3.63) is 41.6 Å². The van der Waals surface area contributed by atoms with Gasteiger partial charge in [0, 0.05) is 5.56 Å². The van der Waals surface area contributed by atoms with Gasteiger partial charge in [-0.3, -0.25) is 14.5 Å². The number of rotatable bonds is 4. The minimum atomic E-state index is -0.911. The van der Waals surface area contributed by atoms with Crippen molar-refractivity contribution in [3.63, 3.8) is 0 Å². The third kappa shape index (κ3) is 3.81. The molecule has 2 heterocycles. The summed E-state index contributed by atoms with van der Waals surface area (Å²) in [7, 11) is 0. The van der Waals surface area contributed by atoms with Gasteiger partial charge in [0.25, 0.3) is 5.91 Å². The van der Waals surface area contributed by atoms with Gasteiger partial charge in [0.2, 0.25) is 5.91 Å². The highest BCUT2D eigenvalue weighted by molar-refractivity contribution is 6.10. The molecule has 1 saturated heterocycles. The maximum atomic E-state index is 13.4. The molecule has 2 N–H and O–H groups in total. The van der Waals surface area contributed by atoms with Gasteiger partial charge in [0.15, 0.2) is 0 Å². The van der Waals surface area contributed by atoms with Crippen LogP contribution in [0.5, 0.6) is 0 Å². The zero-order valence-electron chi connectivity index (χ0n) is 19.5. The van der Waals surface area contributed by atoms with E-state index in [1.54, 1.807) is 4.68 Å². The molecule has 0 radical (unpaired) electrons. The van der Waals surface area contributed by atoms with E-state index in [2.05, 4.69) is 31.4 Å². The summed E-state index contributed by atoms with van der Waals surface area (Å²) in [5.41, 5.74) is 1.91. The predicted molar refractivity (Wildman–Crippen MR) is 124 cm³/mol. The van der Waals surface area contributed by atoms with E-state index < -0.39 is 17.5 Å². The molecule has 0 bridgehead atoms. The van der Waals surface area contributed by atoms with E-state index in [1.807, 2.05) is 30.3 Å². The highest BCUT2D eigenvalue weighted by Gasteiger charge is 2.56. The van der Waals surface area contributed by atoms with Crippen molar-refractivity contribution in [3.8, 4) is 5.69 Å². The molecule has 3 aliphatic rings. The van der Waals surface area contributed by atoms with Crippen LogP contribution in [0.25, 0.3) is 5.69 Å². The van der Waals surface area contributed by atoms with Crippen molar-refractivity contribution in [2.75, 3.05) is 11.9 Å². The van der Waals surface area contributed by atoms with E-state index in [4.69, 9.17) is 5.10 Å². The van der Waals surface area contributed by atoms with Crippen LogP contribution in [0.15, 0.2) is 30.3 Å². The number of fused-ring (bicyclic) bond motifs is 1. The van der Waals surface area contributed by atoms with Crippen LogP contribution in [0.1, 0.15) is 57.7 Å². The second-order valence-electron chi connectivity index (χ2n) is 10.7. The molecule has 8 nitrogen and oxygen atoms in total. The first-order valence-electron chi connectivity index (χ1n) is 11.8. The lowest BCUT2D eigenvalue weighted by Crippen LogP contribution is -2.54. The molecule has 2 fully saturated rings. The lowest BCUT2D eigenvalue weighted by atomic mass is 9.64. The van der Waals surface area contributed by atoms with Crippen LogP contribution in [-0.2, 0) is 22.4 Å². The van der Waals surface area contributed by atoms with E-state index in [0.717, 1.165) is 47.5 Å². The summed E-state index contributed by atoms with van der Waals surface area (Å²) in [5.74, 6) is 0.261. The quantitative estimate of drug-likeness (QED) is 0.699. The van der Waals surface area contributed by atoms with Crippen LogP contribution in [-0.4, -0.2) is 44.6 Å². The summed E-state index contributed by atoms with van der Waals surface area (Å²) < 4.78 is 1.75. The Hall–Kier alpha value is -3.16. The Kier molecular flexibility index (Phi) is 5.06. The Morgan fingerprint density at radius 3 is 2.67 bits per heavy atom. The monoisotopic (exact) mass is 449 g/mol. The number of carbonyl (C=O) groups excluding carboxylic acids is 3. The van der Waals surface area contributed by atoms with Crippen molar-refractivity contribution in [1.29, 1.82) is 0 Å². The van der Waals surface area contributed by atoms with E-state index in [9.17, 15) is 14.4 Å². The molecule has 8 heteroatoms. The number of benzene rings is 1. The van der Waals surface area contributed by atoms with Gasteiger partial charge in [0.1, 0.15) is 17.9 Å². The Labute approximate surface area is 193 Å². The molecule has 33 heavy (non-hydrogen) atoms. The van der Waals surface area contributed by atoms with Crippen LogP contribution in [0.4, 0.5) is 10.6 Å². The van der Waals surface area contributed by atoms with Crippen molar-refractivity contribution in [2.45, 2.75) is 64.8 Å². The van der Waals surface area contributed by atoms with E-state index in [-0.39, 0.29) is 17.9 Å². The summed E-state index contributed by atoms with van der Waals surface area (Å²) in [6.07, 6.45) is 4.92. The number of para-hydroxylation sites is 1. The number of aryl methyl sites for hydroxylation is 1. The van der Waals surface area contributed by atoms with Crippen molar-refractivity contribution >= 4 is 23.7 Å². The maximum absolute atomic E-state index is 13.4.